The number of nitrogens with zero attached hydrogens (tertiary/aromatic N) is 5. The maximum Gasteiger partial charge on any atom is 0.247 e. The van der Waals surface area contributed by atoms with E-state index in [-0.39, 0.29) is 23.9 Å². The van der Waals surface area contributed by atoms with Crippen molar-refractivity contribution < 1.29 is 9.59 Å². The predicted molar refractivity (Wildman–Crippen MR) is 85.6 cm³/mol. The first kappa shape index (κ1) is 16.0. The molecule has 0 aliphatic carbocycles. The lowest BCUT2D eigenvalue weighted by atomic mass is 10.0. The van der Waals surface area contributed by atoms with Crippen LogP contribution in [0, 0.1) is 6.92 Å². The second-order valence-electron chi connectivity index (χ2n) is 6.50. The Labute approximate surface area is 136 Å². The molecule has 1 aromatic heterocycles. The lowest BCUT2D eigenvalue weighted by Crippen LogP contribution is -2.68. The smallest absolute Gasteiger partial charge is 0.247 e. The van der Waals surface area contributed by atoms with E-state index >= 15 is 0 Å². The molecule has 2 saturated heterocycles. The molecule has 0 saturated carbocycles. The second kappa shape index (κ2) is 5.96. The highest BCUT2D eigenvalue weighted by molar-refractivity contribution is 5.96. The number of aryl methyl sites for hydroxylation is 2. The summed E-state index contributed by atoms with van der Waals surface area (Å²) in [6.45, 7) is 9.52. The number of piperazine rings is 2. The maximum absolute atomic E-state index is 12.5. The van der Waals surface area contributed by atoms with E-state index in [0.717, 1.165) is 25.3 Å². The Morgan fingerprint density at radius 1 is 1.26 bits per heavy atom. The zero-order chi connectivity index (χ0) is 16.7. The van der Waals surface area contributed by atoms with Crippen LogP contribution in [0.25, 0.3) is 0 Å². The molecule has 1 aromatic rings. The summed E-state index contributed by atoms with van der Waals surface area (Å²) in [6.07, 6.45) is 2.07. The first-order chi connectivity index (χ1) is 10.9. The van der Waals surface area contributed by atoms with Gasteiger partial charge in [0.05, 0.1) is 5.69 Å². The molecule has 7 nitrogen and oxygen atoms in total. The Bertz CT molecular complexity index is 626. The van der Waals surface area contributed by atoms with Gasteiger partial charge in [-0.15, -0.1) is 0 Å². The summed E-state index contributed by atoms with van der Waals surface area (Å²) >= 11 is 0. The number of amides is 2. The molecule has 3 heterocycles. The first-order valence-corrected chi connectivity index (χ1v) is 8.24. The Morgan fingerprint density at radius 2 is 2.00 bits per heavy atom. The van der Waals surface area contributed by atoms with E-state index in [2.05, 4.69) is 23.1 Å². The monoisotopic (exact) mass is 319 g/mol. The van der Waals surface area contributed by atoms with E-state index in [4.69, 9.17) is 0 Å². The molecule has 0 spiro atoms. The summed E-state index contributed by atoms with van der Waals surface area (Å²) in [5.74, 6) is 0.106. The summed E-state index contributed by atoms with van der Waals surface area (Å²) in [5.41, 5.74) is 2.22. The number of hydrogen-bond donors (Lipinski definition) is 0. The molecule has 0 N–H and O–H groups in total. The number of likely N-dealkylation sites (N-methyl/N-ethyl adjacent to an activating group) is 1. The van der Waals surface area contributed by atoms with Crippen molar-refractivity contribution in [3.05, 3.63) is 17.5 Å². The molecule has 3 rings (SSSR count). The molecular formula is C16H25N5O2. The predicted octanol–water partition coefficient (Wildman–Crippen LogP) is 0.0847. The van der Waals surface area contributed by atoms with Crippen LogP contribution in [0.3, 0.4) is 0 Å². The normalized spacial score (nSPS) is 25.9. The van der Waals surface area contributed by atoms with Crippen LogP contribution in [0.5, 0.6) is 0 Å². The fraction of sp³-hybridized carbons (Fsp3) is 0.688. The zero-order valence-electron chi connectivity index (χ0n) is 14.3. The minimum Gasteiger partial charge on any atom is -0.332 e. The van der Waals surface area contributed by atoms with Crippen molar-refractivity contribution in [3.8, 4) is 0 Å². The Balaban J connectivity index is 1.72. The lowest BCUT2D eigenvalue weighted by molar-refractivity contribution is -0.163. The lowest BCUT2D eigenvalue weighted by Gasteiger charge is -2.47. The Kier molecular flexibility index (Phi) is 4.14. The molecular weight excluding hydrogens is 294 g/mol. The van der Waals surface area contributed by atoms with Gasteiger partial charge in [0, 0.05) is 51.5 Å². The SMILES string of the molecule is CCn1cc(CN2CCN3C(=O)[C@H](C)N(C)C(=O)[C@H]3C2)c(C)n1. The largest absolute Gasteiger partial charge is 0.332 e. The molecule has 23 heavy (non-hydrogen) atoms. The fourth-order valence-corrected chi connectivity index (χ4v) is 3.41. The first-order valence-electron chi connectivity index (χ1n) is 8.24. The highest BCUT2D eigenvalue weighted by Crippen LogP contribution is 2.22. The van der Waals surface area contributed by atoms with Gasteiger partial charge in [0.15, 0.2) is 0 Å². The van der Waals surface area contributed by atoms with E-state index in [0.29, 0.717) is 13.1 Å². The van der Waals surface area contributed by atoms with Gasteiger partial charge in [-0.25, -0.2) is 0 Å². The van der Waals surface area contributed by atoms with E-state index < -0.39 is 0 Å². The highest BCUT2D eigenvalue weighted by Gasteiger charge is 2.44. The maximum atomic E-state index is 12.5. The molecule has 0 radical (unpaired) electrons. The zero-order valence-corrected chi connectivity index (χ0v) is 14.3. The van der Waals surface area contributed by atoms with Crippen molar-refractivity contribution in [1.82, 2.24) is 24.5 Å². The van der Waals surface area contributed by atoms with Crippen LogP contribution in [0.2, 0.25) is 0 Å². The van der Waals surface area contributed by atoms with Crippen LogP contribution < -0.4 is 0 Å². The summed E-state index contributed by atoms with van der Waals surface area (Å²) in [6, 6.07) is -0.700. The van der Waals surface area contributed by atoms with Gasteiger partial charge in [0.2, 0.25) is 11.8 Å². The average molecular weight is 319 g/mol. The molecule has 2 fully saturated rings. The minimum absolute atomic E-state index is 0.0442. The van der Waals surface area contributed by atoms with Crippen LogP contribution >= 0.6 is 0 Å². The van der Waals surface area contributed by atoms with Crippen molar-refractivity contribution >= 4 is 11.8 Å². The van der Waals surface area contributed by atoms with Gasteiger partial charge in [0.1, 0.15) is 12.1 Å². The summed E-state index contributed by atoms with van der Waals surface area (Å²) in [7, 11) is 1.72. The number of aromatic nitrogens is 2. The van der Waals surface area contributed by atoms with E-state index in [1.54, 1.807) is 23.8 Å². The second-order valence-corrected chi connectivity index (χ2v) is 6.50. The molecule has 2 atom stereocenters. The molecule has 2 aliphatic rings. The highest BCUT2D eigenvalue weighted by atomic mass is 16.2. The van der Waals surface area contributed by atoms with E-state index in [1.165, 1.54) is 5.56 Å². The van der Waals surface area contributed by atoms with Gasteiger partial charge in [0.25, 0.3) is 0 Å². The number of hydrogen-bond acceptors (Lipinski definition) is 4. The van der Waals surface area contributed by atoms with Gasteiger partial charge in [-0.05, 0) is 20.8 Å². The third-order valence-electron chi connectivity index (χ3n) is 5.08. The average Bonchev–Trinajstić information content (AvgIpc) is 2.91. The third kappa shape index (κ3) is 2.73. The van der Waals surface area contributed by atoms with Crippen molar-refractivity contribution in [3.63, 3.8) is 0 Å². The van der Waals surface area contributed by atoms with E-state index in [1.807, 2.05) is 11.6 Å². The molecule has 0 unspecified atom stereocenters. The third-order valence-corrected chi connectivity index (χ3v) is 5.08. The van der Waals surface area contributed by atoms with Crippen LogP contribution in [0.4, 0.5) is 0 Å². The minimum atomic E-state index is -0.352. The topological polar surface area (TPSA) is 61.7 Å². The van der Waals surface area contributed by atoms with Gasteiger partial charge < -0.3 is 9.80 Å². The Morgan fingerprint density at radius 3 is 2.65 bits per heavy atom. The van der Waals surface area contributed by atoms with Crippen molar-refractivity contribution in [2.75, 3.05) is 26.7 Å². The molecule has 0 aromatic carbocycles. The number of rotatable bonds is 3. The van der Waals surface area contributed by atoms with Crippen LogP contribution in [-0.2, 0) is 22.7 Å². The molecule has 7 heteroatoms. The van der Waals surface area contributed by atoms with Crippen LogP contribution in [0.15, 0.2) is 6.20 Å². The van der Waals surface area contributed by atoms with Gasteiger partial charge in [-0.1, -0.05) is 0 Å². The van der Waals surface area contributed by atoms with Crippen molar-refractivity contribution in [2.24, 2.45) is 0 Å². The van der Waals surface area contributed by atoms with E-state index in [9.17, 15) is 9.59 Å². The summed E-state index contributed by atoms with van der Waals surface area (Å²) < 4.78 is 1.94. The van der Waals surface area contributed by atoms with Crippen LogP contribution in [-0.4, -0.2) is 75.1 Å². The molecule has 126 valence electrons. The fourth-order valence-electron chi connectivity index (χ4n) is 3.41. The molecule has 0 bridgehead atoms. The van der Waals surface area contributed by atoms with Crippen LogP contribution in [0.1, 0.15) is 25.1 Å². The molecule has 2 aliphatic heterocycles. The van der Waals surface area contributed by atoms with Gasteiger partial charge in [-0.2, -0.15) is 5.10 Å². The van der Waals surface area contributed by atoms with Crippen molar-refractivity contribution in [1.29, 1.82) is 0 Å². The molecule has 2 amide bonds. The van der Waals surface area contributed by atoms with Crippen molar-refractivity contribution in [2.45, 2.75) is 45.9 Å². The van der Waals surface area contributed by atoms with Gasteiger partial charge >= 0.3 is 0 Å². The summed E-state index contributed by atoms with van der Waals surface area (Å²) in [5, 5.41) is 4.48. The number of fused-ring (bicyclic) bond motifs is 1. The number of carbonyl (C=O) groups excluding carboxylic acids is 2. The standard InChI is InChI=1S/C16H25N5O2/c1-5-20-9-13(11(2)17-20)8-19-6-7-21-14(10-19)16(23)18(4)12(3)15(21)22/h9,12,14H,5-8,10H2,1-4H3/t12-,14+/m0/s1. The van der Waals surface area contributed by atoms with Gasteiger partial charge in [-0.3, -0.25) is 19.2 Å². The summed E-state index contributed by atoms with van der Waals surface area (Å²) in [4.78, 5) is 30.5. The quantitative estimate of drug-likeness (QED) is 0.792. The Hall–Kier alpha value is -1.89. The number of carbonyl (C=O) groups is 2.